The summed E-state index contributed by atoms with van der Waals surface area (Å²) in [4.78, 5) is 23.8. The first-order valence-corrected chi connectivity index (χ1v) is 7.62. The number of amides is 2. The molecule has 106 valence electrons. The summed E-state index contributed by atoms with van der Waals surface area (Å²) in [6, 6.07) is 0.573. The second-order valence-corrected chi connectivity index (χ2v) is 6.08. The minimum absolute atomic E-state index is 0.114. The molecule has 1 heterocycles. The number of carbonyl (C=O) groups excluding carboxylic acids is 1. The zero-order chi connectivity index (χ0) is 14.4. The monoisotopic (exact) mass is 348 g/mol. The molecule has 3 N–H and O–H groups in total. The molecule has 1 aromatic rings. The third-order valence-corrected chi connectivity index (χ3v) is 4.79. The number of halogens is 1. The highest BCUT2D eigenvalue weighted by molar-refractivity contribution is 9.10. The van der Waals surface area contributed by atoms with Crippen molar-refractivity contribution in [2.45, 2.75) is 32.9 Å². The molecule has 0 aliphatic heterocycles. The number of rotatable bonds is 6. The summed E-state index contributed by atoms with van der Waals surface area (Å²) in [5.41, 5.74) is 0. The fourth-order valence-corrected chi connectivity index (χ4v) is 2.92. The molecule has 0 saturated carbocycles. The van der Waals surface area contributed by atoms with Gasteiger partial charge in [-0.05, 0) is 33.3 Å². The number of hydrogen-bond acceptors (Lipinski definition) is 3. The number of aliphatic carboxylic acids is 1. The van der Waals surface area contributed by atoms with Crippen molar-refractivity contribution < 1.29 is 14.7 Å². The van der Waals surface area contributed by atoms with Crippen LogP contribution in [0.4, 0.5) is 4.79 Å². The van der Waals surface area contributed by atoms with Gasteiger partial charge in [0.25, 0.3) is 0 Å². The predicted molar refractivity (Wildman–Crippen MR) is 78.3 cm³/mol. The maximum Gasteiger partial charge on any atom is 0.326 e. The third-order valence-electron chi connectivity index (χ3n) is 2.87. The molecule has 0 saturated heterocycles. The van der Waals surface area contributed by atoms with E-state index in [4.69, 9.17) is 5.11 Å². The van der Waals surface area contributed by atoms with Crippen molar-refractivity contribution in [3.05, 3.63) is 20.8 Å². The van der Waals surface area contributed by atoms with Crippen molar-refractivity contribution in [2.24, 2.45) is 5.92 Å². The number of hydrogen-bond donors (Lipinski definition) is 3. The predicted octanol–water partition coefficient (Wildman–Crippen LogP) is 2.81. The summed E-state index contributed by atoms with van der Waals surface area (Å²) in [5, 5.41) is 16.1. The van der Waals surface area contributed by atoms with Gasteiger partial charge in [0.1, 0.15) is 6.04 Å². The van der Waals surface area contributed by atoms with Gasteiger partial charge in [0.2, 0.25) is 0 Å². The van der Waals surface area contributed by atoms with Gasteiger partial charge in [-0.3, -0.25) is 0 Å². The number of carbonyl (C=O) groups is 2. The molecule has 2 amide bonds. The zero-order valence-electron chi connectivity index (χ0n) is 10.8. The number of nitrogens with one attached hydrogen (secondary N) is 2. The fraction of sp³-hybridized carbons (Fsp3) is 0.500. The molecule has 0 fully saturated rings. The van der Waals surface area contributed by atoms with E-state index in [2.05, 4.69) is 26.6 Å². The van der Waals surface area contributed by atoms with E-state index < -0.39 is 18.0 Å². The lowest BCUT2D eigenvalue weighted by atomic mass is 9.99. The average Bonchev–Trinajstić information content (AvgIpc) is 2.77. The zero-order valence-corrected chi connectivity index (χ0v) is 13.2. The number of urea groups is 1. The Hall–Kier alpha value is -1.08. The third kappa shape index (κ3) is 4.83. The molecule has 5 nitrogen and oxygen atoms in total. The standard InChI is InChI=1S/C12H17BrN2O3S/c1-3-7(2)10(11(16)17)15-12(18)14-6-9-8(13)4-5-19-9/h4-5,7,10H,3,6H2,1-2H3,(H,16,17)(H2,14,15,18)/t7-,10-/m0/s1. The van der Waals surface area contributed by atoms with Gasteiger partial charge in [0, 0.05) is 9.35 Å². The Balaban J connectivity index is 2.49. The van der Waals surface area contributed by atoms with Gasteiger partial charge in [-0.1, -0.05) is 20.3 Å². The topological polar surface area (TPSA) is 78.4 Å². The largest absolute Gasteiger partial charge is 0.480 e. The molecule has 0 spiro atoms. The van der Waals surface area contributed by atoms with Gasteiger partial charge in [-0.2, -0.15) is 0 Å². The van der Waals surface area contributed by atoms with Gasteiger partial charge in [-0.25, -0.2) is 9.59 Å². The molecular formula is C12H17BrN2O3S. The van der Waals surface area contributed by atoms with Crippen molar-refractivity contribution in [1.82, 2.24) is 10.6 Å². The smallest absolute Gasteiger partial charge is 0.326 e. The molecule has 1 aromatic heterocycles. The quantitative estimate of drug-likeness (QED) is 0.739. The molecule has 19 heavy (non-hydrogen) atoms. The minimum Gasteiger partial charge on any atom is -0.480 e. The molecule has 1 rings (SSSR count). The van der Waals surface area contributed by atoms with E-state index in [1.54, 1.807) is 6.92 Å². The summed E-state index contributed by atoms with van der Waals surface area (Å²) >= 11 is 4.89. The molecular weight excluding hydrogens is 332 g/mol. The van der Waals surface area contributed by atoms with Gasteiger partial charge >= 0.3 is 12.0 Å². The van der Waals surface area contributed by atoms with Crippen LogP contribution in [0.25, 0.3) is 0 Å². The maximum absolute atomic E-state index is 11.7. The van der Waals surface area contributed by atoms with Crippen molar-refractivity contribution in [2.75, 3.05) is 0 Å². The first kappa shape index (κ1) is 16.0. The number of thiophene rings is 1. The van der Waals surface area contributed by atoms with Crippen LogP contribution in [0.2, 0.25) is 0 Å². The second kappa shape index (κ2) is 7.49. The Labute approximate surface area is 124 Å². The van der Waals surface area contributed by atoms with Crippen LogP contribution in [0.1, 0.15) is 25.1 Å². The second-order valence-electron chi connectivity index (χ2n) is 4.22. The van der Waals surface area contributed by atoms with E-state index in [1.165, 1.54) is 11.3 Å². The summed E-state index contributed by atoms with van der Waals surface area (Å²) in [5.74, 6) is -1.13. The average molecular weight is 349 g/mol. The highest BCUT2D eigenvalue weighted by Gasteiger charge is 2.25. The van der Waals surface area contributed by atoms with E-state index >= 15 is 0 Å². The molecule has 0 aliphatic carbocycles. The van der Waals surface area contributed by atoms with Gasteiger partial charge in [0.05, 0.1) is 6.54 Å². The number of carboxylic acids is 1. The van der Waals surface area contributed by atoms with Crippen LogP contribution in [0.3, 0.4) is 0 Å². The van der Waals surface area contributed by atoms with E-state index in [0.717, 1.165) is 9.35 Å². The minimum atomic E-state index is -1.01. The summed E-state index contributed by atoms with van der Waals surface area (Å²) in [6.07, 6.45) is 0.688. The van der Waals surface area contributed by atoms with Crippen LogP contribution in [0.15, 0.2) is 15.9 Å². The highest BCUT2D eigenvalue weighted by atomic mass is 79.9. The lowest BCUT2D eigenvalue weighted by molar-refractivity contribution is -0.140. The van der Waals surface area contributed by atoms with Crippen LogP contribution in [0, 0.1) is 5.92 Å². The van der Waals surface area contributed by atoms with Crippen molar-refractivity contribution in [1.29, 1.82) is 0 Å². The Bertz CT molecular complexity index is 450. The summed E-state index contributed by atoms with van der Waals surface area (Å²) in [6.45, 7) is 4.06. The fourth-order valence-electron chi connectivity index (χ4n) is 1.49. The Kier molecular flexibility index (Phi) is 6.30. The normalized spacial score (nSPS) is 13.6. The van der Waals surface area contributed by atoms with Crippen LogP contribution < -0.4 is 10.6 Å². The van der Waals surface area contributed by atoms with Gasteiger partial charge in [-0.15, -0.1) is 11.3 Å². The Morgan fingerprint density at radius 3 is 2.68 bits per heavy atom. The lowest BCUT2D eigenvalue weighted by Crippen LogP contribution is -2.48. The lowest BCUT2D eigenvalue weighted by Gasteiger charge is -2.20. The van der Waals surface area contributed by atoms with Crippen LogP contribution in [-0.4, -0.2) is 23.1 Å². The highest BCUT2D eigenvalue weighted by Crippen LogP contribution is 2.22. The molecule has 0 aliphatic rings. The van der Waals surface area contributed by atoms with E-state index in [9.17, 15) is 9.59 Å². The van der Waals surface area contributed by atoms with Crippen LogP contribution >= 0.6 is 27.3 Å². The van der Waals surface area contributed by atoms with E-state index in [1.807, 2.05) is 18.4 Å². The molecule has 7 heteroatoms. The molecule has 0 aromatic carbocycles. The first-order chi connectivity index (χ1) is 8.95. The van der Waals surface area contributed by atoms with Crippen LogP contribution in [0.5, 0.6) is 0 Å². The van der Waals surface area contributed by atoms with Crippen molar-refractivity contribution >= 4 is 39.3 Å². The SMILES string of the molecule is CC[C@H](C)[C@H](NC(=O)NCc1sccc1Br)C(=O)O. The van der Waals surface area contributed by atoms with E-state index in [0.29, 0.717) is 13.0 Å². The van der Waals surface area contributed by atoms with Crippen LogP contribution in [-0.2, 0) is 11.3 Å². The van der Waals surface area contributed by atoms with Gasteiger partial charge in [0.15, 0.2) is 0 Å². The number of carboxylic acid groups (broad SMARTS) is 1. The maximum atomic E-state index is 11.7. The summed E-state index contributed by atoms with van der Waals surface area (Å²) < 4.78 is 0.939. The Morgan fingerprint density at radius 1 is 1.53 bits per heavy atom. The van der Waals surface area contributed by atoms with Crippen molar-refractivity contribution in [3.8, 4) is 0 Å². The molecule has 0 radical (unpaired) electrons. The molecule has 2 atom stereocenters. The van der Waals surface area contributed by atoms with Gasteiger partial charge < -0.3 is 15.7 Å². The summed E-state index contributed by atoms with van der Waals surface area (Å²) in [7, 11) is 0. The van der Waals surface area contributed by atoms with Crippen molar-refractivity contribution in [3.63, 3.8) is 0 Å². The first-order valence-electron chi connectivity index (χ1n) is 5.94. The van der Waals surface area contributed by atoms with E-state index in [-0.39, 0.29) is 5.92 Å². The molecule has 0 unspecified atom stereocenters. The molecule has 0 bridgehead atoms. The Morgan fingerprint density at radius 2 is 2.21 bits per heavy atom.